The van der Waals surface area contributed by atoms with Gasteiger partial charge >= 0.3 is 0 Å². The van der Waals surface area contributed by atoms with Gasteiger partial charge in [-0.3, -0.25) is 9.78 Å². The maximum absolute atomic E-state index is 12.3. The van der Waals surface area contributed by atoms with Crippen LogP contribution in [0.4, 0.5) is 0 Å². The van der Waals surface area contributed by atoms with Crippen molar-refractivity contribution in [1.29, 1.82) is 0 Å². The van der Waals surface area contributed by atoms with Gasteiger partial charge in [-0.15, -0.1) is 0 Å². The summed E-state index contributed by atoms with van der Waals surface area (Å²) in [4.78, 5) is 25.0. The van der Waals surface area contributed by atoms with E-state index in [1.165, 1.54) is 0 Å². The van der Waals surface area contributed by atoms with Gasteiger partial charge in [-0.25, -0.2) is 14.6 Å². The fraction of sp³-hybridized carbons (Fsp3) is 0.438. The van der Waals surface area contributed by atoms with Gasteiger partial charge in [0, 0.05) is 18.6 Å². The molecule has 25 heavy (non-hydrogen) atoms. The summed E-state index contributed by atoms with van der Waals surface area (Å²) in [5, 5.41) is 7.13. The molecule has 0 saturated heterocycles. The highest BCUT2D eigenvalue weighted by Crippen LogP contribution is 2.16. The van der Waals surface area contributed by atoms with Crippen molar-refractivity contribution in [2.45, 2.75) is 39.9 Å². The molecule has 0 unspecified atom stereocenters. The number of rotatable bonds is 6. The zero-order valence-corrected chi connectivity index (χ0v) is 14.5. The van der Waals surface area contributed by atoms with E-state index >= 15 is 0 Å². The van der Waals surface area contributed by atoms with Crippen molar-refractivity contribution in [3.05, 3.63) is 42.1 Å². The van der Waals surface area contributed by atoms with Crippen molar-refractivity contribution in [1.82, 2.24) is 34.4 Å². The highest BCUT2D eigenvalue weighted by molar-refractivity contribution is 5.75. The van der Waals surface area contributed by atoms with Crippen molar-refractivity contribution in [2.24, 2.45) is 11.7 Å². The molecule has 0 aliphatic carbocycles. The molecule has 1 atom stereocenters. The molecular formula is C16H22N8O. The first-order valence-corrected chi connectivity index (χ1v) is 8.15. The Morgan fingerprint density at radius 2 is 2.16 bits per heavy atom. The van der Waals surface area contributed by atoms with Gasteiger partial charge < -0.3 is 15.5 Å². The fourth-order valence-corrected chi connectivity index (χ4v) is 2.49. The molecule has 3 rings (SSSR count). The molecule has 0 spiro atoms. The minimum atomic E-state index is -0.264. The number of carbonyl (C=O) groups excluding carboxylic acids is 1. The van der Waals surface area contributed by atoms with E-state index in [-0.39, 0.29) is 24.4 Å². The lowest BCUT2D eigenvalue weighted by Crippen LogP contribution is -2.30. The number of nitrogens with two attached hydrogens (primary N) is 1. The van der Waals surface area contributed by atoms with Crippen molar-refractivity contribution in [2.75, 3.05) is 0 Å². The van der Waals surface area contributed by atoms with E-state index in [0.717, 1.165) is 11.3 Å². The summed E-state index contributed by atoms with van der Waals surface area (Å²) in [5.74, 6) is 1.27. The van der Waals surface area contributed by atoms with Crippen LogP contribution < -0.4 is 11.1 Å². The Bertz CT molecular complexity index is 848. The number of aromatic nitrogens is 6. The summed E-state index contributed by atoms with van der Waals surface area (Å²) in [6.45, 7) is 6.22. The number of imidazole rings is 1. The van der Waals surface area contributed by atoms with Crippen LogP contribution in [0.15, 0.2) is 24.8 Å². The molecule has 3 heterocycles. The number of hydrogen-bond donors (Lipinski definition) is 2. The Hall–Kier alpha value is -2.81. The number of nitrogens with zero attached hydrogens (tertiary/aromatic N) is 6. The molecule has 1 amide bonds. The average molecular weight is 342 g/mol. The van der Waals surface area contributed by atoms with Crippen LogP contribution in [0.25, 0.3) is 5.65 Å². The summed E-state index contributed by atoms with van der Waals surface area (Å²) < 4.78 is 3.43. The van der Waals surface area contributed by atoms with Crippen LogP contribution in [0.5, 0.6) is 0 Å². The first-order chi connectivity index (χ1) is 11.9. The number of nitrogens with one attached hydrogen (secondary N) is 1. The monoisotopic (exact) mass is 342 g/mol. The molecule has 3 aromatic heterocycles. The van der Waals surface area contributed by atoms with Crippen LogP contribution in [0.1, 0.15) is 37.2 Å². The molecular weight excluding hydrogens is 320 g/mol. The van der Waals surface area contributed by atoms with Gasteiger partial charge in [0.1, 0.15) is 18.2 Å². The number of amides is 1. The molecule has 0 aliphatic heterocycles. The van der Waals surface area contributed by atoms with Crippen LogP contribution in [0.2, 0.25) is 0 Å². The van der Waals surface area contributed by atoms with Gasteiger partial charge in [-0.05, 0) is 12.8 Å². The Morgan fingerprint density at radius 3 is 2.88 bits per heavy atom. The summed E-state index contributed by atoms with van der Waals surface area (Å²) in [5.41, 5.74) is 7.66. The molecule has 0 saturated carbocycles. The van der Waals surface area contributed by atoms with Gasteiger partial charge in [0.15, 0.2) is 5.65 Å². The first-order valence-electron chi connectivity index (χ1n) is 8.15. The SMILES string of the molecule is Cc1nc([C@@H](N)C(C)C)n(CC(=O)NCc2cn3ccncc3n2)n1. The maximum atomic E-state index is 12.3. The van der Waals surface area contributed by atoms with E-state index in [9.17, 15) is 4.79 Å². The standard InChI is InChI=1S/C16H22N8O/c1-10(2)15(17)16-20-11(3)22-24(16)9-14(25)19-6-12-8-23-5-4-18-7-13(23)21-12/h4-5,7-8,10,15H,6,9,17H2,1-3H3,(H,19,25)/t15-/m0/s1. The number of fused-ring (bicyclic) bond motifs is 1. The van der Waals surface area contributed by atoms with Crippen molar-refractivity contribution in [3.63, 3.8) is 0 Å². The van der Waals surface area contributed by atoms with Crippen molar-refractivity contribution < 1.29 is 4.79 Å². The maximum Gasteiger partial charge on any atom is 0.242 e. The predicted molar refractivity (Wildman–Crippen MR) is 91.4 cm³/mol. The highest BCUT2D eigenvalue weighted by atomic mass is 16.2. The third-order valence-electron chi connectivity index (χ3n) is 3.90. The minimum absolute atomic E-state index is 0.0749. The number of hydrogen-bond acceptors (Lipinski definition) is 6. The molecule has 0 aliphatic rings. The van der Waals surface area contributed by atoms with Crippen LogP contribution in [-0.2, 0) is 17.9 Å². The quantitative estimate of drug-likeness (QED) is 0.678. The molecule has 0 bridgehead atoms. The number of carbonyl (C=O) groups is 1. The molecule has 3 N–H and O–H groups in total. The zero-order valence-electron chi connectivity index (χ0n) is 14.5. The van der Waals surface area contributed by atoms with Gasteiger partial charge in [0.25, 0.3) is 0 Å². The van der Waals surface area contributed by atoms with Crippen molar-refractivity contribution in [3.8, 4) is 0 Å². The van der Waals surface area contributed by atoms with E-state index in [2.05, 4.69) is 25.4 Å². The highest BCUT2D eigenvalue weighted by Gasteiger charge is 2.20. The first kappa shape index (κ1) is 17.0. The second kappa shape index (κ2) is 6.98. The molecule has 9 nitrogen and oxygen atoms in total. The summed E-state index contributed by atoms with van der Waals surface area (Å²) in [6.07, 6.45) is 7.02. The minimum Gasteiger partial charge on any atom is -0.349 e. The van der Waals surface area contributed by atoms with E-state index in [4.69, 9.17) is 5.73 Å². The topological polar surface area (TPSA) is 116 Å². The Morgan fingerprint density at radius 1 is 1.36 bits per heavy atom. The van der Waals surface area contributed by atoms with E-state index in [1.807, 2.05) is 30.6 Å². The van der Waals surface area contributed by atoms with Gasteiger partial charge in [0.2, 0.25) is 5.91 Å². The van der Waals surface area contributed by atoms with Crippen LogP contribution in [-0.4, -0.2) is 35.0 Å². The lowest BCUT2D eigenvalue weighted by molar-refractivity contribution is -0.122. The van der Waals surface area contributed by atoms with Gasteiger partial charge in [0.05, 0.1) is 24.5 Å². The summed E-state index contributed by atoms with van der Waals surface area (Å²) in [6, 6.07) is -0.264. The number of aryl methyl sites for hydroxylation is 1. The smallest absolute Gasteiger partial charge is 0.242 e. The molecule has 132 valence electrons. The van der Waals surface area contributed by atoms with Crippen LogP contribution in [0, 0.1) is 12.8 Å². The predicted octanol–water partition coefficient (Wildman–Crippen LogP) is 0.601. The largest absolute Gasteiger partial charge is 0.349 e. The van der Waals surface area contributed by atoms with Gasteiger partial charge in [-0.2, -0.15) is 5.10 Å². The lowest BCUT2D eigenvalue weighted by Gasteiger charge is -2.15. The summed E-state index contributed by atoms with van der Waals surface area (Å²) in [7, 11) is 0. The zero-order chi connectivity index (χ0) is 18.0. The van der Waals surface area contributed by atoms with Gasteiger partial charge in [-0.1, -0.05) is 13.8 Å². The Labute approximate surface area is 145 Å². The second-order valence-electron chi connectivity index (χ2n) is 6.30. The normalized spacial score (nSPS) is 12.7. The third kappa shape index (κ3) is 3.82. The molecule has 0 radical (unpaired) electrons. The summed E-state index contributed by atoms with van der Waals surface area (Å²) >= 11 is 0. The Kier molecular flexibility index (Phi) is 4.75. The molecule has 0 fully saturated rings. The second-order valence-corrected chi connectivity index (χ2v) is 6.30. The molecule has 0 aromatic carbocycles. The van der Waals surface area contributed by atoms with Crippen LogP contribution >= 0.6 is 0 Å². The fourth-order valence-electron chi connectivity index (χ4n) is 2.49. The molecule has 3 aromatic rings. The molecule has 9 heteroatoms. The lowest BCUT2D eigenvalue weighted by atomic mass is 10.1. The van der Waals surface area contributed by atoms with E-state index in [1.54, 1.807) is 24.0 Å². The van der Waals surface area contributed by atoms with Crippen LogP contribution in [0.3, 0.4) is 0 Å². The third-order valence-corrected chi connectivity index (χ3v) is 3.90. The van der Waals surface area contributed by atoms with Crippen molar-refractivity contribution >= 4 is 11.6 Å². The van der Waals surface area contributed by atoms with E-state index in [0.29, 0.717) is 18.2 Å². The Balaban J connectivity index is 1.64. The van der Waals surface area contributed by atoms with E-state index < -0.39 is 0 Å². The average Bonchev–Trinajstić information content (AvgIpc) is 3.15.